The zero-order valence-corrected chi connectivity index (χ0v) is 17.1. The largest absolute Gasteiger partial charge is 0.493 e. The highest BCUT2D eigenvalue weighted by Crippen LogP contribution is 2.28. The van der Waals surface area contributed by atoms with Crippen molar-refractivity contribution in [2.24, 2.45) is 0 Å². The van der Waals surface area contributed by atoms with Gasteiger partial charge in [0.1, 0.15) is 5.82 Å². The van der Waals surface area contributed by atoms with Crippen LogP contribution in [0, 0.1) is 5.82 Å². The van der Waals surface area contributed by atoms with E-state index in [0.29, 0.717) is 33.4 Å². The molecule has 0 saturated carbocycles. The molecular weight excluding hydrogens is 405 g/mol. The predicted octanol–water partition coefficient (Wildman–Crippen LogP) is 3.42. The molecule has 0 aliphatic carbocycles. The molecule has 8 heteroatoms. The highest BCUT2D eigenvalue weighted by molar-refractivity contribution is 7.15. The van der Waals surface area contributed by atoms with Crippen LogP contribution >= 0.6 is 11.3 Å². The van der Waals surface area contributed by atoms with Crippen LogP contribution in [-0.2, 0) is 0 Å². The molecule has 0 aliphatic rings. The number of methoxy groups -OCH3 is 1. The van der Waals surface area contributed by atoms with Crippen molar-refractivity contribution in [1.29, 1.82) is 0 Å². The SMILES string of the molecule is CCOc1ccc(/C=c2\sc3nc(/C=C/c4ccc(F)cc4)nn3c2=O)cc1OC. The fraction of sp³-hybridized carbons (Fsp3) is 0.136. The average molecular weight is 423 g/mol. The van der Waals surface area contributed by atoms with Gasteiger partial charge in [-0.15, -0.1) is 5.10 Å². The summed E-state index contributed by atoms with van der Waals surface area (Å²) >= 11 is 1.26. The first-order chi connectivity index (χ1) is 14.6. The van der Waals surface area contributed by atoms with Crippen LogP contribution in [0.15, 0.2) is 47.3 Å². The smallest absolute Gasteiger partial charge is 0.291 e. The maximum atomic E-state index is 13.0. The highest BCUT2D eigenvalue weighted by atomic mass is 32.1. The molecule has 6 nitrogen and oxygen atoms in total. The van der Waals surface area contributed by atoms with Crippen molar-refractivity contribution < 1.29 is 13.9 Å². The first kappa shape index (κ1) is 19.8. The Kier molecular flexibility index (Phi) is 5.58. The Morgan fingerprint density at radius 3 is 2.57 bits per heavy atom. The molecule has 0 unspecified atom stereocenters. The van der Waals surface area contributed by atoms with Gasteiger partial charge in [-0.1, -0.05) is 35.6 Å². The Morgan fingerprint density at radius 1 is 1.10 bits per heavy atom. The summed E-state index contributed by atoms with van der Waals surface area (Å²) < 4.78 is 25.7. The molecule has 152 valence electrons. The second-order valence-electron chi connectivity index (χ2n) is 6.31. The second kappa shape index (κ2) is 8.46. The fourth-order valence-electron chi connectivity index (χ4n) is 2.86. The molecule has 0 bridgehead atoms. The average Bonchev–Trinajstić information content (AvgIpc) is 3.27. The van der Waals surface area contributed by atoms with E-state index in [-0.39, 0.29) is 11.4 Å². The molecule has 0 atom stereocenters. The summed E-state index contributed by atoms with van der Waals surface area (Å²) in [6.45, 7) is 2.44. The summed E-state index contributed by atoms with van der Waals surface area (Å²) in [4.78, 5) is 17.6. The highest BCUT2D eigenvalue weighted by Gasteiger charge is 2.10. The van der Waals surface area contributed by atoms with Crippen molar-refractivity contribution in [1.82, 2.24) is 14.6 Å². The van der Waals surface area contributed by atoms with Gasteiger partial charge in [0, 0.05) is 0 Å². The van der Waals surface area contributed by atoms with E-state index in [1.165, 1.54) is 28.0 Å². The van der Waals surface area contributed by atoms with E-state index in [9.17, 15) is 9.18 Å². The van der Waals surface area contributed by atoms with Gasteiger partial charge < -0.3 is 9.47 Å². The number of hydrogen-bond donors (Lipinski definition) is 0. The minimum absolute atomic E-state index is 0.239. The molecule has 0 aliphatic heterocycles. The van der Waals surface area contributed by atoms with Crippen LogP contribution in [0.4, 0.5) is 4.39 Å². The van der Waals surface area contributed by atoms with Crippen molar-refractivity contribution >= 4 is 34.5 Å². The molecule has 2 aromatic carbocycles. The Labute approximate surface area is 175 Å². The van der Waals surface area contributed by atoms with Crippen LogP contribution in [0.3, 0.4) is 0 Å². The van der Waals surface area contributed by atoms with E-state index in [4.69, 9.17) is 9.47 Å². The number of nitrogens with zero attached hydrogens (tertiary/aromatic N) is 3. The van der Waals surface area contributed by atoms with E-state index >= 15 is 0 Å². The summed E-state index contributed by atoms with van der Waals surface area (Å²) in [5.41, 5.74) is 1.39. The monoisotopic (exact) mass is 423 g/mol. The summed E-state index contributed by atoms with van der Waals surface area (Å²) in [6.07, 6.45) is 5.23. The van der Waals surface area contributed by atoms with Crippen LogP contribution in [0.1, 0.15) is 23.9 Å². The maximum absolute atomic E-state index is 13.0. The lowest BCUT2D eigenvalue weighted by Gasteiger charge is -2.09. The standard InChI is InChI=1S/C22H18FN3O3S/c1-3-29-17-10-6-15(12-18(17)28-2)13-19-21(27)26-22(30-19)24-20(25-26)11-7-14-4-8-16(23)9-5-14/h4-13H,3H2,1-2H3/b11-7+,19-13-. The van der Waals surface area contributed by atoms with E-state index < -0.39 is 0 Å². The topological polar surface area (TPSA) is 65.7 Å². The number of aromatic nitrogens is 3. The van der Waals surface area contributed by atoms with E-state index in [1.54, 1.807) is 37.5 Å². The Bertz CT molecular complexity index is 1330. The molecule has 0 radical (unpaired) electrons. The maximum Gasteiger partial charge on any atom is 0.291 e. The number of ether oxygens (including phenoxy) is 2. The number of rotatable bonds is 6. The quantitative estimate of drug-likeness (QED) is 0.476. The van der Waals surface area contributed by atoms with Crippen molar-refractivity contribution in [2.75, 3.05) is 13.7 Å². The van der Waals surface area contributed by atoms with Gasteiger partial charge in [0.25, 0.3) is 5.56 Å². The zero-order chi connectivity index (χ0) is 21.1. The Balaban J connectivity index is 1.64. The minimum Gasteiger partial charge on any atom is -0.493 e. The van der Waals surface area contributed by atoms with E-state index in [2.05, 4.69) is 10.1 Å². The van der Waals surface area contributed by atoms with Gasteiger partial charge in [-0.05, 0) is 54.5 Å². The summed E-state index contributed by atoms with van der Waals surface area (Å²) in [6, 6.07) is 11.6. The molecule has 0 fully saturated rings. The number of benzene rings is 2. The molecule has 0 amide bonds. The lowest BCUT2D eigenvalue weighted by atomic mass is 10.2. The fourth-order valence-corrected chi connectivity index (χ4v) is 3.78. The molecule has 4 rings (SSSR count). The van der Waals surface area contributed by atoms with Crippen LogP contribution in [0.5, 0.6) is 11.5 Å². The Morgan fingerprint density at radius 2 is 1.87 bits per heavy atom. The molecular formula is C22H18FN3O3S. The first-order valence-electron chi connectivity index (χ1n) is 9.23. The molecule has 30 heavy (non-hydrogen) atoms. The van der Waals surface area contributed by atoms with Gasteiger partial charge >= 0.3 is 0 Å². The number of hydrogen-bond acceptors (Lipinski definition) is 6. The van der Waals surface area contributed by atoms with Gasteiger partial charge in [0.15, 0.2) is 17.3 Å². The summed E-state index contributed by atoms with van der Waals surface area (Å²) in [7, 11) is 1.57. The molecule has 0 saturated heterocycles. The van der Waals surface area contributed by atoms with Gasteiger partial charge in [-0.25, -0.2) is 4.39 Å². The summed E-state index contributed by atoms with van der Waals surface area (Å²) in [5, 5.41) is 4.26. The Hall–Kier alpha value is -3.52. The van der Waals surface area contributed by atoms with Crippen molar-refractivity contribution in [3.63, 3.8) is 0 Å². The molecule has 4 aromatic rings. The van der Waals surface area contributed by atoms with Crippen LogP contribution in [0.2, 0.25) is 0 Å². The normalized spacial score (nSPS) is 12.2. The number of halogens is 1. The molecule has 2 heterocycles. The van der Waals surface area contributed by atoms with Gasteiger partial charge in [-0.2, -0.15) is 9.50 Å². The summed E-state index contributed by atoms with van der Waals surface area (Å²) in [5.74, 6) is 1.38. The second-order valence-corrected chi connectivity index (χ2v) is 7.32. The lowest BCUT2D eigenvalue weighted by molar-refractivity contribution is 0.311. The molecule has 0 N–H and O–H groups in total. The third kappa shape index (κ3) is 4.08. The first-order valence-corrected chi connectivity index (χ1v) is 10.0. The van der Waals surface area contributed by atoms with Crippen molar-refractivity contribution in [3.05, 3.63) is 80.1 Å². The number of thiazole rings is 1. The molecule has 0 spiro atoms. The minimum atomic E-state index is -0.294. The molecule has 2 aromatic heterocycles. The van der Waals surface area contributed by atoms with E-state index in [1.807, 2.05) is 25.1 Å². The van der Waals surface area contributed by atoms with Gasteiger partial charge in [0.2, 0.25) is 4.96 Å². The van der Waals surface area contributed by atoms with Crippen molar-refractivity contribution in [2.45, 2.75) is 6.92 Å². The van der Waals surface area contributed by atoms with Gasteiger partial charge in [-0.3, -0.25) is 4.79 Å². The van der Waals surface area contributed by atoms with Crippen LogP contribution < -0.4 is 19.6 Å². The third-order valence-electron chi connectivity index (χ3n) is 4.28. The predicted molar refractivity (Wildman–Crippen MR) is 115 cm³/mol. The zero-order valence-electron chi connectivity index (χ0n) is 16.3. The van der Waals surface area contributed by atoms with Gasteiger partial charge in [0.05, 0.1) is 18.2 Å². The lowest BCUT2D eigenvalue weighted by Crippen LogP contribution is -2.23. The van der Waals surface area contributed by atoms with E-state index in [0.717, 1.165) is 11.1 Å². The van der Waals surface area contributed by atoms with Crippen LogP contribution in [0.25, 0.3) is 23.2 Å². The van der Waals surface area contributed by atoms with Crippen molar-refractivity contribution in [3.8, 4) is 11.5 Å². The number of fused-ring (bicyclic) bond motifs is 1. The van der Waals surface area contributed by atoms with Crippen LogP contribution in [-0.4, -0.2) is 28.3 Å². The third-order valence-corrected chi connectivity index (χ3v) is 5.24.